The molecule has 4 rings (SSSR count). The third kappa shape index (κ3) is 13.5. The van der Waals surface area contributed by atoms with Crippen LogP contribution in [0.25, 0.3) is 0 Å². The van der Waals surface area contributed by atoms with Crippen molar-refractivity contribution in [2.45, 2.75) is 142 Å². The first-order valence-corrected chi connectivity index (χ1v) is 19.4. The molecule has 0 spiro atoms. The summed E-state index contributed by atoms with van der Waals surface area (Å²) < 4.78 is 0. The highest BCUT2D eigenvalue weighted by Gasteiger charge is 2.05. The predicted octanol–water partition coefficient (Wildman–Crippen LogP) is 12.4. The molecular formula is C46H64N2. The Morgan fingerprint density at radius 1 is 0.333 bits per heavy atom. The van der Waals surface area contributed by atoms with Gasteiger partial charge in [0.25, 0.3) is 0 Å². The van der Waals surface area contributed by atoms with Gasteiger partial charge in [-0.15, -0.1) is 0 Å². The lowest BCUT2D eigenvalue weighted by Gasteiger charge is -2.09. The zero-order chi connectivity index (χ0) is 33.8. The van der Waals surface area contributed by atoms with E-state index < -0.39 is 0 Å². The van der Waals surface area contributed by atoms with Crippen molar-refractivity contribution in [3.05, 3.63) is 129 Å². The number of benzene rings is 4. The predicted molar refractivity (Wildman–Crippen MR) is 211 cm³/mol. The Kier molecular flexibility index (Phi) is 16.7. The van der Waals surface area contributed by atoms with Crippen LogP contribution in [0.1, 0.15) is 148 Å². The molecule has 0 saturated heterocycles. The maximum absolute atomic E-state index is 6.15. The minimum absolute atomic E-state index is 0.930. The molecule has 0 bridgehead atoms. The van der Waals surface area contributed by atoms with E-state index in [1.54, 1.807) is 0 Å². The highest BCUT2D eigenvalue weighted by molar-refractivity contribution is 5.50. The van der Waals surface area contributed by atoms with Crippen molar-refractivity contribution in [3.63, 3.8) is 0 Å². The van der Waals surface area contributed by atoms with Crippen molar-refractivity contribution in [2.75, 3.05) is 11.5 Å². The summed E-state index contributed by atoms with van der Waals surface area (Å²) in [5, 5.41) is 0. The lowest BCUT2D eigenvalue weighted by Crippen LogP contribution is -1.97. The molecule has 0 unspecified atom stereocenters. The topological polar surface area (TPSA) is 52.0 Å². The standard InChI is InChI=1S/C46H64N2/c1-3-17-43-35-41(29-31-45(43)47)33-39-25-21-37(22-26-39)19-15-13-11-9-7-5-6-8-10-12-14-16-20-38-23-27-40(28-24-38)34-42-30-32-46(48)44(36-42)18-4-2/h21-32,35-36H,3-20,33-34,47-48H2,1-2H3. The third-order valence-electron chi connectivity index (χ3n) is 10.00. The zero-order valence-electron chi connectivity index (χ0n) is 30.4. The van der Waals surface area contributed by atoms with Gasteiger partial charge in [0.1, 0.15) is 0 Å². The van der Waals surface area contributed by atoms with E-state index in [-0.39, 0.29) is 0 Å². The van der Waals surface area contributed by atoms with E-state index in [2.05, 4.69) is 98.8 Å². The van der Waals surface area contributed by atoms with Gasteiger partial charge in [-0.05, 0) is 108 Å². The largest absolute Gasteiger partial charge is 0.399 e. The third-order valence-corrected chi connectivity index (χ3v) is 10.00. The first-order valence-electron chi connectivity index (χ1n) is 19.4. The molecule has 48 heavy (non-hydrogen) atoms. The van der Waals surface area contributed by atoms with Crippen LogP contribution in [0.15, 0.2) is 84.9 Å². The second-order valence-corrected chi connectivity index (χ2v) is 14.3. The smallest absolute Gasteiger partial charge is 0.0346 e. The molecular weight excluding hydrogens is 581 g/mol. The van der Waals surface area contributed by atoms with E-state index in [9.17, 15) is 0 Å². The minimum Gasteiger partial charge on any atom is -0.399 e. The maximum Gasteiger partial charge on any atom is 0.0346 e. The van der Waals surface area contributed by atoms with Crippen LogP contribution in [0.3, 0.4) is 0 Å². The molecule has 0 radical (unpaired) electrons. The fraction of sp³-hybridized carbons (Fsp3) is 0.478. The van der Waals surface area contributed by atoms with Crippen LogP contribution in [0.5, 0.6) is 0 Å². The van der Waals surface area contributed by atoms with Crippen LogP contribution in [0.2, 0.25) is 0 Å². The molecule has 0 aliphatic heterocycles. The summed E-state index contributed by atoms with van der Waals surface area (Å²) in [5.74, 6) is 0. The molecule has 258 valence electrons. The average Bonchev–Trinajstić information content (AvgIpc) is 3.09. The van der Waals surface area contributed by atoms with Crippen LogP contribution < -0.4 is 11.5 Å². The molecule has 4 aromatic carbocycles. The second kappa shape index (κ2) is 21.5. The monoisotopic (exact) mass is 645 g/mol. The van der Waals surface area contributed by atoms with Crippen molar-refractivity contribution < 1.29 is 0 Å². The van der Waals surface area contributed by atoms with Gasteiger partial charge >= 0.3 is 0 Å². The van der Waals surface area contributed by atoms with E-state index in [0.717, 1.165) is 49.9 Å². The van der Waals surface area contributed by atoms with E-state index in [4.69, 9.17) is 11.5 Å². The Labute approximate surface area is 293 Å². The van der Waals surface area contributed by atoms with Crippen LogP contribution in [0, 0.1) is 0 Å². The summed E-state index contributed by atoms with van der Waals surface area (Å²) in [6, 6.07) is 31.7. The minimum atomic E-state index is 0.930. The Morgan fingerprint density at radius 3 is 0.958 bits per heavy atom. The van der Waals surface area contributed by atoms with Gasteiger partial charge in [0.05, 0.1) is 0 Å². The van der Waals surface area contributed by atoms with Crippen molar-refractivity contribution in [2.24, 2.45) is 0 Å². The summed E-state index contributed by atoms with van der Waals surface area (Å²) in [6.07, 6.45) is 25.3. The summed E-state index contributed by atoms with van der Waals surface area (Å²) in [5.41, 5.74) is 25.2. The number of rotatable bonds is 23. The molecule has 0 aliphatic carbocycles. The SMILES string of the molecule is CCCc1cc(Cc2ccc(CCCCCCCCCCCCCCc3ccc(Cc4ccc(N)c(CCC)c4)cc3)cc2)ccc1N. The lowest BCUT2D eigenvalue weighted by atomic mass is 9.98. The maximum atomic E-state index is 6.15. The van der Waals surface area contributed by atoms with E-state index in [0.29, 0.717) is 0 Å². The van der Waals surface area contributed by atoms with E-state index >= 15 is 0 Å². The molecule has 4 N–H and O–H groups in total. The van der Waals surface area contributed by atoms with Gasteiger partial charge < -0.3 is 11.5 Å². The Bertz CT molecular complexity index is 1340. The van der Waals surface area contributed by atoms with Gasteiger partial charge in [-0.2, -0.15) is 0 Å². The van der Waals surface area contributed by atoms with Gasteiger partial charge in [-0.1, -0.05) is 164 Å². The van der Waals surface area contributed by atoms with Gasteiger partial charge in [0, 0.05) is 11.4 Å². The van der Waals surface area contributed by atoms with Crippen molar-refractivity contribution >= 4 is 11.4 Å². The quantitative estimate of drug-likeness (QED) is 0.0623. The van der Waals surface area contributed by atoms with Gasteiger partial charge in [-0.3, -0.25) is 0 Å². The summed E-state index contributed by atoms with van der Waals surface area (Å²) in [7, 11) is 0. The Hall–Kier alpha value is -3.52. The normalized spacial score (nSPS) is 11.3. The van der Waals surface area contributed by atoms with Crippen LogP contribution in [0.4, 0.5) is 11.4 Å². The number of aryl methyl sites for hydroxylation is 4. The number of nitrogen functional groups attached to an aromatic ring is 2. The molecule has 2 heteroatoms. The average molecular weight is 645 g/mol. The molecule has 0 aliphatic rings. The Morgan fingerprint density at radius 2 is 0.625 bits per heavy atom. The van der Waals surface area contributed by atoms with Crippen LogP contribution in [-0.2, 0) is 38.5 Å². The molecule has 0 heterocycles. The number of unbranched alkanes of at least 4 members (excludes halogenated alkanes) is 11. The summed E-state index contributed by atoms with van der Waals surface area (Å²) in [4.78, 5) is 0. The highest BCUT2D eigenvalue weighted by Crippen LogP contribution is 2.21. The fourth-order valence-corrected chi connectivity index (χ4v) is 7.05. The van der Waals surface area contributed by atoms with Crippen molar-refractivity contribution in [3.8, 4) is 0 Å². The van der Waals surface area contributed by atoms with Crippen LogP contribution >= 0.6 is 0 Å². The van der Waals surface area contributed by atoms with Gasteiger partial charge in [0.15, 0.2) is 0 Å². The molecule has 2 nitrogen and oxygen atoms in total. The number of hydrogen-bond acceptors (Lipinski definition) is 2. The Balaban J connectivity index is 0.957. The van der Waals surface area contributed by atoms with Gasteiger partial charge in [0.2, 0.25) is 0 Å². The first-order chi connectivity index (χ1) is 23.5. The van der Waals surface area contributed by atoms with E-state index in [1.165, 1.54) is 134 Å². The molecule has 0 amide bonds. The molecule has 0 saturated carbocycles. The highest BCUT2D eigenvalue weighted by atomic mass is 14.6. The first kappa shape index (κ1) is 37.3. The van der Waals surface area contributed by atoms with E-state index in [1.807, 2.05) is 0 Å². The number of nitrogens with two attached hydrogens (primary N) is 2. The lowest BCUT2D eigenvalue weighted by molar-refractivity contribution is 0.540. The zero-order valence-corrected chi connectivity index (χ0v) is 30.4. The molecule has 0 fully saturated rings. The second-order valence-electron chi connectivity index (χ2n) is 14.3. The number of hydrogen-bond donors (Lipinski definition) is 2. The summed E-state index contributed by atoms with van der Waals surface area (Å²) in [6.45, 7) is 4.42. The van der Waals surface area contributed by atoms with Gasteiger partial charge in [-0.25, -0.2) is 0 Å². The molecule has 0 atom stereocenters. The van der Waals surface area contributed by atoms with Crippen molar-refractivity contribution in [1.82, 2.24) is 0 Å². The summed E-state index contributed by atoms with van der Waals surface area (Å²) >= 11 is 0. The van der Waals surface area contributed by atoms with Crippen molar-refractivity contribution in [1.29, 1.82) is 0 Å². The fourth-order valence-electron chi connectivity index (χ4n) is 7.05. The number of anilines is 2. The van der Waals surface area contributed by atoms with Crippen LogP contribution in [-0.4, -0.2) is 0 Å². The molecule has 4 aromatic rings. The molecule has 0 aromatic heterocycles.